The minimum atomic E-state index is 0.0417. The highest BCUT2D eigenvalue weighted by molar-refractivity contribution is 7.24. The third kappa shape index (κ3) is 21.0. The van der Waals surface area contributed by atoms with Gasteiger partial charge in [-0.05, 0) is 149 Å². The van der Waals surface area contributed by atoms with Gasteiger partial charge in [0, 0.05) is 53.8 Å². The number of rotatable bonds is 50. The zero-order valence-corrected chi connectivity index (χ0v) is 68.9. The van der Waals surface area contributed by atoms with Crippen LogP contribution < -0.4 is 0 Å². The molecule has 0 N–H and O–H groups in total. The number of nitrogens with zero attached hydrogens (tertiary/aromatic N) is 2. The molecule has 4 unspecified atom stereocenters. The van der Waals surface area contributed by atoms with Crippen LogP contribution in [-0.4, -0.2) is 34.7 Å². The predicted molar refractivity (Wildman–Crippen MR) is 465 cm³/mol. The maximum absolute atomic E-state index is 16.8. The molecule has 4 aromatic heterocycles. The van der Waals surface area contributed by atoms with Gasteiger partial charge >= 0.3 is 0 Å². The first-order valence-corrected chi connectivity index (χ1v) is 46.5. The molecule has 566 valence electrons. The smallest absolute Gasteiger partial charge is 0.261 e. The Kier molecular flexibility index (Phi) is 31.8. The summed E-state index contributed by atoms with van der Waals surface area (Å²) in [7, 11) is 0. The monoisotopic (exact) mass is 1490 g/mol. The first-order chi connectivity index (χ1) is 52.3. The largest absolute Gasteiger partial charge is 0.306 e. The molecule has 6 heterocycles. The molecule has 2 aliphatic heterocycles. The maximum Gasteiger partial charge on any atom is 0.261 e. The van der Waals surface area contributed by atoms with Crippen molar-refractivity contribution >= 4 is 96.2 Å². The van der Waals surface area contributed by atoms with E-state index in [4.69, 9.17) is 0 Å². The minimum absolute atomic E-state index is 0.0417. The van der Waals surface area contributed by atoms with Crippen molar-refractivity contribution in [2.24, 2.45) is 17.8 Å². The summed E-state index contributed by atoms with van der Waals surface area (Å²) in [6.45, 7) is 10.5. The van der Waals surface area contributed by atoms with Gasteiger partial charge in [0.15, 0.2) is 0 Å². The van der Waals surface area contributed by atoms with E-state index in [0.29, 0.717) is 47.9 Å². The highest BCUT2D eigenvalue weighted by Crippen LogP contribution is 2.54. The van der Waals surface area contributed by atoms with Gasteiger partial charge in [-0.3, -0.25) is 9.59 Å². The van der Waals surface area contributed by atoms with Gasteiger partial charge in [-0.25, -0.2) is 0 Å². The summed E-state index contributed by atoms with van der Waals surface area (Å²) >= 11 is 7.42. The van der Waals surface area contributed by atoms with Crippen LogP contribution in [0.5, 0.6) is 0 Å². The fourth-order valence-electron chi connectivity index (χ4n) is 18.1. The molecule has 2 amide bonds. The van der Waals surface area contributed by atoms with Crippen molar-refractivity contribution in [3.63, 3.8) is 0 Å². The average molecular weight is 1490 g/mol. The lowest BCUT2D eigenvalue weighted by Gasteiger charge is -2.34. The molecular formula is C98H128N2O2S4. The Morgan fingerprint density at radius 3 is 1.18 bits per heavy atom. The molecule has 0 fully saturated rings. The maximum atomic E-state index is 16.8. The number of carbonyl (C=O) groups excluding carboxylic acids is 2. The Bertz CT molecular complexity index is 4120. The van der Waals surface area contributed by atoms with Crippen LogP contribution in [-0.2, 0) is 9.59 Å². The molecule has 0 saturated carbocycles. The van der Waals surface area contributed by atoms with E-state index in [9.17, 15) is 0 Å². The Balaban J connectivity index is 0.917. The second-order valence-electron chi connectivity index (χ2n) is 32.2. The first kappa shape index (κ1) is 79.6. The van der Waals surface area contributed by atoms with Gasteiger partial charge in [0.05, 0.1) is 32.3 Å². The van der Waals surface area contributed by atoms with Crippen molar-refractivity contribution in [2.45, 2.75) is 303 Å². The molecule has 0 saturated heterocycles. The van der Waals surface area contributed by atoms with Crippen molar-refractivity contribution in [1.29, 1.82) is 0 Å². The SMILES string of the molecule is CCCCCCCCCCCCC(CCCCCCCCCC)CN1C(=O)C2=C(c3ccc(-c4ccc(C5c6ccccc6C=C6C=CCCC65)s4)s3)N(CC(CCCCCCCCCC)CCCCCCCCCCCC)C(=O)C2=C1c1ccc(-c2ccc(-c3c4ccccc4cc4ccccc34)s2)s1. The topological polar surface area (TPSA) is 40.6 Å². The normalized spacial score (nSPS) is 16.4. The molecule has 12 rings (SSSR count). The Morgan fingerprint density at radius 2 is 0.736 bits per heavy atom. The van der Waals surface area contributed by atoms with Crippen molar-refractivity contribution in [3.05, 3.63) is 182 Å². The zero-order valence-electron chi connectivity index (χ0n) is 65.6. The van der Waals surface area contributed by atoms with Crippen LogP contribution in [0.2, 0.25) is 0 Å². The molecule has 4 aromatic carbocycles. The number of amides is 2. The van der Waals surface area contributed by atoms with Crippen LogP contribution in [0.1, 0.15) is 329 Å². The summed E-state index contributed by atoms with van der Waals surface area (Å²) in [5, 5.41) is 5.05. The van der Waals surface area contributed by atoms with Gasteiger partial charge in [-0.2, -0.15) is 0 Å². The van der Waals surface area contributed by atoms with Crippen LogP contribution in [0.4, 0.5) is 0 Å². The van der Waals surface area contributed by atoms with Crippen LogP contribution in [0.3, 0.4) is 0 Å². The molecule has 4 nitrogen and oxygen atoms in total. The summed E-state index contributed by atoms with van der Waals surface area (Å²) in [5.74, 6) is 1.52. The van der Waals surface area contributed by atoms with Crippen LogP contribution in [0.15, 0.2) is 156 Å². The van der Waals surface area contributed by atoms with Gasteiger partial charge in [0.2, 0.25) is 0 Å². The second-order valence-corrected chi connectivity index (χ2v) is 36.6. The van der Waals surface area contributed by atoms with Crippen LogP contribution >= 0.6 is 45.3 Å². The lowest BCUT2D eigenvalue weighted by Crippen LogP contribution is -2.34. The van der Waals surface area contributed by atoms with E-state index in [1.807, 2.05) is 34.0 Å². The summed E-state index contributed by atoms with van der Waals surface area (Å²) < 4.78 is 0. The molecule has 8 heteroatoms. The standard InChI is InChI=1S/C98H128N2O2S4/c1-5-9-13-17-21-25-27-31-35-39-51-73(49-37-33-29-23-19-15-11-7-3)71-99-95(89-67-63-85(105-89)83-61-65-87(103-83)91-79-57-45-41-53-75(79)69-76-54-42-46-58-80(76)91)93-94(97(99)101)96(100(98(93)102)72-74(50-38-34-30-24-20-16-12-8-4)52-40-36-32-28-26-22-18-14-10-6-2)90-68-64-86(106-90)84-62-66-88(104-84)92-81-59-47-43-55-77(81)70-78-56-44-48-60-82(78)92/h41-47,53-59,61-70,73-74,82,92H,5-40,48-52,60,71-72H2,1-4H3. The van der Waals surface area contributed by atoms with E-state index < -0.39 is 0 Å². The summed E-state index contributed by atoms with van der Waals surface area (Å²) in [6, 6.07) is 47.8. The van der Waals surface area contributed by atoms with E-state index >= 15 is 9.59 Å². The first-order valence-electron chi connectivity index (χ1n) is 43.3. The highest BCUT2D eigenvalue weighted by Gasteiger charge is 2.50. The Labute approximate surface area is 656 Å². The summed E-state index contributed by atoms with van der Waals surface area (Å²) in [5.41, 5.74) is 8.59. The van der Waals surface area contributed by atoms with Crippen molar-refractivity contribution < 1.29 is 9.59 Å². The highest BCUT2D eigenvalue weighted by atomic mass is 32.1. The van der Waals surface area contributed by atoms with Gasteiger partial charge in [-0.15, -0.1) is 45.3 Å². The number of carbonyl (C=O) groups is 2. The lowest BCUT2D eigenvalue weighted by molar-refractivity contribution is -0.124. The fourth-order valence-corrected chi connectivity index (χ4v) is 22.7. The predicted octanol–water partition coefficient (Wildman–Crippen LogP) is 31.5. The number of thiophene rings is 4. The number of unbranched alkanes of at least 4 members (excludes halogenated alkanes) is 32. The van der Waals surface area contributed by atoms with E-state index in [0.717, 1.165) is 59.7 Å². The molecule has 4 aliphatic rings. The second kappa shape index (κ2) is 42.3. The number of hydrogen-bond donors (Lipinski definition) is 0. The van der Waals surface area contributed by atoms with Gasteiger partial charge in [-0.1, -0.05) is 350 Å². The van der Waals surface area contributed by atoms with Gasteiger partial charge in [0.25, 0.3) is 11.8 Å². The van der Waals surface area contributed by atoms with Gasteiger partial charge in [0.1, 0.15) is 0 Å². The molecule has 0 radical (unpaired) electrons. The molecule has 106 heavy (non-hydrogen) atoms. The van der Waals surface area contributed by atoms with Crippen LogP contribution in [0, 0.1) is 17.8 Å². The summed E-state index contributed by atoms with van der Waals surface area (Å²) in [4.78, 5) is 47.6. The number of benzene rings is 4. The molecule has 8 aromatic rings. The third-order valence-corrected chi connectivity index (χ3v) is 28.9. The fraction of sp³-hybridized carbons (Fsp3) is 0.531. The molecule has 0 bridgehead atoms. The molecule has 0 spiro atoms. The quantitative estimate of drug-likeness (QED) is 0.0282. The lowest BCUT2D eigenvalue weighted by atomic mass is 9.70. The van der Waals surface area contributed by atoms with Crippen molar-refractivity contribution in [3.8, 4) is 29.9 Å². The number of allylic oxidation sites excluding steroid dienone is 3. The third-order valence-electron chi connectivity index (χ3n) is 24.1. The van der Waals surface area contributed by atoms with Crippen molar-refractivity contribution in [2.75, 3.05) is 13.1 Å². The molecule has 2 aliphatic carbocycles. The van der Waals surface area contributed by atoms with Crippen molar-refractivity contribution in [1.82, 2.24) is 9.80 Å². The van der Waals surface area contributed by atoms with E-state index in [2.05, 4.69) is 183 Å². The zero-order chi connectivity index (χ0) is 73.1. The molecular weight excluding hydrogens is 1370 g/mol. The van der Waals surface area contributed by atoms with E-state index in [1.165, 1.54) is 304 Å². The summed E-state index contributed by atoms with van der Waals surface area (Å²) in [6.07, 6.45) is 60.8. The van der Waals surface area contributed by atoms with Crippen LogP contribution in [0.25, 0.3) is 69.0 Å². The Morgan fingerprint density at radius 1 is 0.377 bits per heavy atom. The average Bonchev–Trinajstić information content (AvgIpc) is 1.56. The van der Waals surface area contributed by atoms with Gasteiger partial charge < -0.3 is 9.80 Å². The Hall–Kier alpha value is -5.90. The minimum Gasteiger partial charge on any atom is -0.306 e. The number of hydrogen-bond acceptors (Lipinski definition) is 6. The molecule has 4 atom stereocenters. The van der Waals surface area contributed by atoms with E-state index in [1.54, 1.807) is 11.3 Å². The number of fused-ring (bicyclic) bond motifs is 5. The van der Waals surface area contributed by atoms with E-state index in [-0.39, 0.29) is 11.8 Å².